The van der Waals surface area contributed by atoms with E-state index in [2.05, 4.69) is 0 Å². The molecule has 0 unspecified atom stereocenters. The third kappa shape index (κ3) is 7.28. The maximum absolute atomic E-state index is 12.4. The summed E-state index contributed by atoms with van der Waals surface area (Å²) in [5.74, 6) is -2.77. The molecule has 0 aliphatic carbocycles. The molecule has 3 aromatic rings. The minimum Gasteiger partial charge on any atom is -0.463 e. The number of hydrogen-bond acceptors (Lipinski definition) is 12. The Morgan fingerprint density at radius 2 is 1.39 bits per heavy atom. The van der Waals surface area contributed by atoms with Gasteiger partial charge in [-0.1, -0.05) is 30.3 Å². The van der Waals surface area contributed by atoms with Crippen molar-refractivity contribution in [3.05, 3.63) is 65.0 Å². The first-order valence-corrected chi connectivity index (χ1v) is 12.6. The van der Waals surface area contributed by atoms with Crippen molar-refractivity contribution < 1.29 is 52.0 Å². The Bertz CT molecular complexity index is 1490. The normalized spacial score (nSPS) is 21.9. The predicted octanol–water partition coefficient (Wildman–Crippen LogP) is 2.92. The molecule has 0 spiro atoms. The molecule has 1 aromatic heterocycles. The van der Waals surface area contributed by atoms with Gasteiger partial charge in [-0.25, -0.2) is 4.79 Å². The van der Waals surface area contributed by atoms with Crippen LogP contribution in [0.2, 0.25) is 0 Å². The summed E-state index contributed by atoms with van der Waals surface area (Å²) < 4.78 is 38.7. The lowest BCUT2D eigenvalue weighted by Gasteiger charge is -2.43. The van der Waals surface area contributed by atoms with Gasteiger partial charge in [-0.2, -0.15) is 0 Å². The van der Waals surface area contributed by atoms with Crippen LogP contribution in [-0.4, -0.2) is 61.2 Å². The van der Waals surface area contributed by atoms with Gasteiger partial charge in [0, 0.05) is 45.2 Å². The van der Waals surface area contributed by atoms with Crippen molar-refractivity contribution in [2.24, 2.45) is 0 Å². The number of benzene rings is 2. The van der Waals surface area contributed by atoms with Crippen LogP contribution in [0.5, 0.6) is 5.75 Å². The van der Waals surface area contributed by atoms with Gasteiger partial charge in [-0.05, 0) is 23.3 Å². The molecule has 2 heterocycles. The maximum Gasteiger partial charge on any atom is 0.336 e. The topological polar surface area (TPSA) is 154 Å². The maximum atomic E-state index is 12.4. The van der Waals surface area contributed by atoms with Crippen LogP contribution in [0.1, 0.15) is 27.7 Å². The molecule has 0 N–H and O–H groups in total. The largest absolute Gasteiger partial charge is 0.463 e. The van der Waals surface area contributed by atoms with Crippen LogP contribution < -0.4 is 10.4 Å². The molecule has 5 atom stereocenters. The average Bonchev–Trinajstić information content (AvgIpc) is 2.90. The number of fused-ring (bicyclic) bond motifs is 1. The Balaban J connectivity index is 1.74. The van der Waals surface area contributed by atoms with E-state index >= 15 is 0 Å². The van der Waals surface area contributed by atoms with Gasteiger partial charge in [-0.3, -0.25) is 19.2 Å². The number of carbonyl (C=O) groups excluding carboxylic acids is 4. The zero-order chi connectivity index (χ0) is 29.7. The van der Waals surface area contributed by atoms with Crippen molar-refractivity contribution in [1.29, 1.82) is 0 Å². The van der Waals surface area contributed by atoms with E-state index in [1.54, 1.807) is 12.1 Å². The fourth-order valence-electron chi connectivity index (χ4n) is 4.49. The van der Waals surface area contributed by atoms with Gasteiger partial charge in [0.05, 0.1) is 0 Å². The highest BCUT2D eigenvalue weighted by atomic mass is 16.7. The van der Waals surface area contributed by atoms with E-state index in [0.717, 1.165) is 26.3 Å². The zero-order valence-corrected chi connectivity index (χ0v) is 22.7. The Labute approximate surface area is 234 Å². The van der Waals surface area contributed by atoms with E-state index in [4.69, 9.17) is 32.8 Å². The molecule has 12 nitrogen and oxygen atoms in total. The van der Waals surface area contributed by atoms with Crippen molar-refractivity contribution in [3.8, 4) is 16.9 Å². The first-order valence-electron chi connectivity index (χ1n) is 12.6. The monoisotopic (exact) mass is 568 g/mol. The molecular weight excluding hydrogens is 540 g/mol. The molecule has 0 amide bonds. The van der Waals surface area contributed by atoms with E-state index in [0.29, 0.717) is 10.9 Å². The molecular formula is C29H28O12. The molecule has 0 radical (unpaired) electrons. The molecule has 1 aliphatic rings. The quantitative estimate of drug-likeness (QED) is 0.223. The second-order valence-corrected chi connectivity index (χ2v) is 9.19. The SMILES string of the molecule is CC(=O)OC[C@H]1O[C@@H](Oc2ccc3c(-c4ccccc4)cc(=O)oc3c2)[C@H](OC(C)=O)[C@@H](OC(C)=O)[C@@H]1OC(C)=O. The first kappa shape index (κ1) is 29.3. The van der Waals surface area contributed by atoms with Crippen LogP contribution in [0.3, 0.4) is 0 Å². The minimum atomic E-state index is -1.43. The molecule has 0 bridgehead atoms. The molecule has 12 heteroatoms. The number of esters is 4. The van der Waals surface area contributed by atoms with Crippen molar-refractivity contribution in [2.45, 2.75) is 58.4 Å². The molecule has 1 fully saturated rings. The molecule has 2 aromatic carbocycles. The molecule has 1 saturated heterocycles. The molecule has 1 aliphatic heterocycles. The Kier molecular flexibility index (Phi) is 9.03. The third-order valence-electron chi connectivity index (χ3n) is 6.00. The van der Waals surface area contributed by atoms with E-state index in [1.807, 2.05) is 30.3 Å². The van der Waals surface area contributed by atoms with Crippen molar-refractivity contribution in [1.82, 2.24) is 0 Å². The average molecular weight is 569 g/mol. The molecule has 216 valence electrons. The lowest BCUT2D eigenvalue weighted by Crippen LogP contribution is -2.63. The van der Waals surface area contributed by atoms with E-state index in [9.17, 15) is 24.0 Å². The number of hydrogen-bond donors (Lipinski definition) is 0. The Morgan fingerprint density at radius 1 is 0.756 bits per heavy atom. The van der Waals surface area contributed by atoms with Crippen LogP contribution in [0, 0.1) is 0 Å². The molecule has 4 rings (SSSR count). The van der Waals surface area contributed by atoms with E-state index in [-0.39, 0.29) is 11.3 Å². The predicted molar refractivity (Wildman–Crippen MR) is 141 cm³/mol. The van der Waals surface area contributed by atoms with E-state index < -0.39 is 66.8 Å². The van der Waals surface area contributed by atoms with Gasteiger partial charge < -0.3 is 32.8 Å². The second kappa shape index (κ2) is 12.6. The fraction of sp³-hybridized carbons (Fsp3) is 0.345. The second-order valence-electron chi connectivity index (χ2n) is 9.19. The molecule has 41 heavy (non-hydrogen) atoms. The Morgan fingerprint density at radius 3 is 2.02 bits per heavy atom. The summed E-state index contributed by atoms with van der Waals surface area (Å²) in [7, 11) is 0. The van der Waals surface area contributed by atoms with E-state index in [1.165, 1.54) is 19.1 Å². The van der Waals surface area contributed by atoms with Crippen molar-refractivity contribution in [3.63, 3.8) is 0 Å². The van der Waals surface area contributed by atoms with Gasteiger partial charge >= 0.3 is 29.5 Å². The molecule has 0 saturated carbocycles. The van der Waals surface area contributed by atoms with Crippen molar-refractivity contribution >= 4 is 34.8 Å². The van der Waals surface area contributed by atoms with Gasteiger partial charge in [0.2, 0.25) is 12.4 Å². The summed E-state index contributed by atoms with van der Waals surface area (Å²) in [6.45, 7) is 4.16. The van der Waals surface area contributed by atoms with Gasteiger partial charge in [-0.15, -0.1) is 0 Å². The summed E-state index contributed by atoms with van der Waals surface area (Å²) in [5.41, 5.74) is 1.08. The lowest BCUT2D eigenvalue weighted by atomic mass is 9.98. The number of rotatable bonds is 8. The highest BCUT2D eigenvalue weighted by Crippen LogP contribution is 2.33. The summed E-state index contributed by atoms with van der Waals surface area (Å²) >= 11 is 0. The van der Waals surface area contributed by atoms with Gasteiger partial charge in [0.15, 0.2) is 12.2 Å². The minimum absolute atomic E-state index is 0.145. The van der Waals surface area contributed by atoms with Crippen LogP contribution in [0.25, 0.3) is 22.1 Å². The smallest absolute Gasteiger partial charge is 0.336 e. The number of ether oxygens (including phenoxy) is 6. The third-order valence-corrected chi connectivity index (χ3v) is 6.00. The van der Waals surface area contributed by atoms with Crippen LogP contribution in [-0.2, 0) is 42.9 Å². The zero-order valence-electron chi connectivity index (χ0n) is 22.7. The number of carbonyl (C=O) groups is 4. The van der Waals surface area contributed by atoms with Gasteiger partial charge in [0.25, 0.3) is 0 Å². The standard InChI is InChI=1S/C29H28O12/c1-15(30)35-14-24-26(36-16(2)31)27(37-17(3)32)28(38-18(4)33)29(41-24)39-20-10-11-21-22(19-8-6-5-7-9-19)13-25(34)40-23(21)12-20/h5-13,24,26-29H,14H2,1-4H3/t24-,26-,27+,28-,29-/m1/s1. The highest BCUT2D eigenvalue weighted by Gasteiger charge is 2.53. The first-order chi connectivity index (χ1) is 19.5. The fourth-order valence-corrected chi connectivity index (χ4v) is 4.49. The Hall–Kier alpha value is -4.71. The summed E-state index contributed by atoms with van der Waals surface area (Å²) in [6.07, 6.45) is -6.72. The van der Waals surface area contributed by atoms with Gasteiger partial charge in [0.1, 0.15) is 24.0 Å². The van der Waals surface area contributed by atoms with Crippen molar-refractivity contribution in [2.75, 3.05) is 6.61 Å². The summed E-state index contributed by atoms with van der Waals surface area (Å²) in [4.78, 5) is 59.9. The van der Waals surface area contributed by atoms with Crippen LogP contribution in [0.4, 0.5) is 0 Å². The summed E-state index contributed by atoms with van der Waals surface area (Å²) in [6, 6.07) is 15.4. The van der Waals surface area contributed by atoms with Crippen LogP contribution in [0.15, 0.2) is 63.8 Å². The summed E-state index contributed by atoms with van der Waals surface area (Å²) in [5, 5.41) is 0.629. The lowest BCUT2D eigenvalue weighted by molar-refractivity contribution is -0.288. The van der Waals surface area contributed by atoms with Crippen LogP contribution >= 0.6 is 0 Å². The highest BCUT2D eigenvalue weighted by molar-refractivity contribution is 5.93.